The van der Waals surface area contributed by atoms with Crippen LogP contribution in [0, 0.1) is 0 Å². The second-order valence-corrected chi connectivity index (χ2v) is 4.83. The van der Waals surface area contributed by atoms with E-state index in [2.05, 4.69) is 26.4 Å². The molecule has 1 saturated heterocycles. The van der Waals surface area contributed by atoms with E-state index in [-0.39, 0.29) is 0 Å². The van der Waals surface area contributed by atoms with Crippen molar-refractivity contribution in [3.8, 4) is 0 Å². The average Bonchev–Trinajstić information content (AvgIpc) is 2.84. The van der Waals surface area contributed by atoms with Gasteiger partial charge in [-0.3, -0.25) is 4.90 Å². The van der Waals surface area contributed by atoms with Crippen molar-refractivity contribution in [3.05, 3.63) is 24.2 Å². The monoisotopic (exact) mass is 260 g/mol. The lowest BCUT2D eigenvalue weighted by atomic mass is 10.4. The van der Waals surface area contributed by atoms with Crippen LogP contribution >= 0.6 is 0 Å². The lowest BCUT2D eigenvalue weighted by Crippen LogP contribution is -2.38. The molecular weight excluding hydrogens is 240 g/mol. The SMILES string of the molecule is CCc1nc2cccnc2n1CCN1CCOCC1. The van der Waals surface area contributed by atoms with Crippen LogP contribution in [-0.4, -0.2) is 52.3 Å². The van der Waals surface area contributed by atoms with Gasteiger partial charge in [-0.05, 0) is 12.1 Å². The maximum atomic E-state index is 5.38. The summed E-state index contributed by atoms with van der Waals surface area (Å²) in [4.78, 5) is 11.6. The quantitative estimate of drug-likeness (QED) is 0.831. The number of hydrogen-bond acceptors (Lipinski definition) is 4. The first-order valence-corrected chi connectivity index (χ1v) is 6.98. The molecule has 0 spiro atoms. The Morgan fingerprint density at radius 2 is 2.11 bits per heavy atom. The zero-order chi connectivity index (χ0) is 13.1. The zero-order valence-electron chi connectivity index (χ0n) is 11.4. The Morgan fingerprint density at radius 1 is 1.26 bits per heavy atom. The predicted octanol–water partition coefficient (Wildman–Crippen LogP) is 1.33. The third-order valence-electron chi connectivity index (χ3n) is 3.64. The number of morpholine rings is 1. The minimum atomic E-state index is 0.851. The predicted molar refractivity (Wildman–Crippen MR) is 74.2 cm³/mol. The largest absolute Gasteiger partial charge is 0.379 e. The molecule has 1 aliphatic heterocycles. The summed E-state index contributed by atoms with van der Waals surface area (Å²) < 4.78 is 7.63. The van der Waals surface area contributed by atoms with Crippen LogP contribution in [0.15, 0.2) is 18.3 Å². The summed E-state index contributed by atoms with van der Waals surface area (Å²) in [6, 6.07) is 3.98. The van der Waals surface area contributed by atoms with Crippen molar-refractivity contribution in [2.24, 2.45) is 0 Å². The zero-order valence-corrected chi connectivity index (χ0v) is 11.4. The molecule has 3 heterocycles. The summed E-state index contributed by atoms with van der Waals surface area (Å²) in [6.07, 6.45) is 2.79. The molecule has 0 atom stereocenters. The first-order valence-electron chi connectivity index (χ1n) is 6.98. The molecule has 0 radical (unpaired) electrons. The van der Waals surface area contributed by atoms with E-state index in [1.165, 1.54) is 0 Å². The second-order valence-electron chi connectivity index (χ2n) is 4.83. The lowest BCUT2D eigenvalue weighted by molar-refractivity contribution is 0.0364. The highest BCUT2D eigenvalue weighted by Crippen LogP contribution is 2.14. The van der Waals surface area contributed by atoms with E-state index in [0.717, 1.165) is 62.8 Å². The van der Waals surface area contributed by atoms with Crippen LogP contribution in [0.4, 0.5) is 0 Å². The number of fused-ring (bicyclic) bond motifs is 1. The Labute approximate surface area is 113 Å². The van der Waals surface area contributed by atoms with Gasteiger partial charge in [-0.2, -0.15) is 0 Å². The fourth-order valence-electron chi connectivity index (χ4n) is 2.58. The highest BCUT2D eigenvalue weighted by Gasteiger charge is 2.13. The number of imidazole rings is 1. The van der Waals surface area contributed by atoms with E-state index in [4.69, 9.17) is 4.74 Å². The maximum absolute atomic E-state index is 5.38. The number of hydrogen-bond donors (Lipinski definition) is 0. The summed E-state index contributed by atoms with van der Waals surface area (Å²) in [5.74, 6) is 1.13. The molecule has 0 unspecified atom stereocenters. The van der Waals surface area contributed by atoms with Crippen LogP contribution in [0.3, 0.4) is 0 Å². The first-order chi connectivity index (χ1) is 9.38. The number of ether oxygens (including phenoxy) is 1. The van der Waals surface area contributed by atoms with E-state index in [1.807, 2.05) is 18.3 Å². The number of aromatic nitrogens is 3. The third-order valence-corrected chi connectivity index (χ3v) is 3.64. The molecule has 5 heteroatoms. The molecule has 2 aromatic rings. The van der Waals surface area contributed by atoms with Crippen molar-refractivity contribution < 1.29 is 4.74 Å². The van der Waals surface area contributed by atoms with Gasteiger partial charge in [0.1, 0.15) is 11.3 Å². The molecule has 0 aliphatic carbocycles. The third kappa shape index (κ3) is 2.62. The van der Waals surface area contributed by atoms with Gasteiger partial charge in [0, 0.05) is 38.8 Å². The lowest BCUT2D eigenvalue weighted by Gasteiger charge is -2.26. The van der Waals surface area contributed by atoms with E-state index < -0.39 is 0 Å². The van der Waals surface area contributed by atoms with Crippen LogP contribution in [-0.2, 0) is 17.7 Å². The summed E-state index contributed by atoms with van der Waals surface area (Å²) in [5, 5.41) is 0. The molecule has 0 N–H and O–H groups in total. The maximum Gasteiger partial charge on any atom is 0.160 e. The van der Waals surface area contributed by atoms with E-state index >= 15 is 0 Å². The summed E-state index contributed by atoms with van der Waals surface area (Å²) in [7, 11) is 0. The Balaban J connectivity index is 1.78. The highest BCUT2D eigenvalue weighted by atomic mass is 16.5. The van der Waals surface area contributed by atoms with E-state index in [0.29, 0.717) is 0 Å². The number of rotatable bonds is 4. The van der Waals surface area contributed by atoms with Crippen molar-refractivity contribution in [2.75, 3.05) is 32.8 Å². The standard InChI is InChI=1S/C14H20N4O/c1-2-13-16-12-4-3-5-15-14(12)18(13)7-6-17-8-10-19-11-9-17/h3-5H,2,6-11H2,1H3. The van der Waals surface area contributed by atoms with Gasteiger partial charge in [-0.15, -0.1) is 0 Å². The Bertz CT molecular complexity index is 545. The van der Waals surface area contributed by atoms with Crippen LogP contribution in [0.25, 0.3) is 11.2 Å². The van der Waals surface area contributed by atoms with Gasteiger partial charge in [0.25, 0.3) is 0 Å². The molecule has 102 valence electrons. The fraction of sp³-hybridized carbons (Fsp3) is 0.571. The number of nitrogens with zero attached hydrogens (tertiary/aromatic N) is 4. The van der Waals surface area contributed by atoms with Gasteiger partial charge in [0.15, 0.2) is 5.65 Å². The Kier molecular flexibility index (Phi) is 3.75. The van der Waals surface area contributed by atoms with Crippen LogP contribution < -0.4 is 0 Å². The fourth-order valence-corrected chi connectivity index (χ4v) is 2.58. The summed E-state index contributed by atoms with van der Waals surface area (Å²) >= 11 is 0. The highest BCUT2D eigenvalue weighted by molar-refractivity contribution is 5.71. The molecule has 2 aromatic heterocycles. The molecule has 1 fully saturated rings. The molecule has 0 saturated carbocycles. The minimum absolute atomic E-state index is 0.851. The van der Waals surface area contributed by atoms with Crippen molar-refractivity contribution in [3.63, 3.8) is 0 Å². The summed E-state index contributed by atoms with van der Waals surface area (Å²) in [6.45, 7) is 7.90. The second kappa shape index (κ2) is 5.67. The van der Waals surface area contributed by atoms with Crippen molar-refractivity contribution >= 4 is 11.2 Å². The van der Waals surface area contributed by atoms with Gasteiger partial charge < -0.3 is 9.30 Å². The molecular formula is C14H20N4O. The molecule has 19 heavy (non-hydrogen) atoms. The first kappa shape index (κ1) is 12.6. The molecule has 0 aromatic carbocycles. The van der Waals surface area contributed by atoms with Crippen LogP contribution in [0.5, 0.6) is 0 Å². The molecule has 3 rings (SSSR count). The average molecular weight is 260 g/mol. The van der Waals surface area contributed by atoms with Gasteiger partial charge in [0.05, 0.1) is 13.2 Å². The Hall–Kier alpha value is -1.46. The minimum Gasteiger partial charge on any atom is -0.379 e. The van der Waals surface area contributed by atoms with Crippen LogP contribution in [0.2, 0.25) is 0 Å². The molecule has 0 amide bonds. The Morgan fingerprint density at radius 3 is 2.89 bits per heavy atom. The van der Waals surface area contributed by atoms with Crippen molar-refractivity contribution in [1.82, 2.24) is 19.4 Å². The van der Waals surface area contributed by atoms with E-state index in [9.17, 15) is 0 Å². The smallest absolute Gasteiger partial charge is 0.160 e. The van der Waals surface area contributed by atoms with Gasteiger partial charge >= 0.3 is 0 Å². The number of pyridine rings is 1. The van der Waals surface area contributed by atoms with Gasteiger partial charge in [0.2, 0.25) is 0 Å². The number of aryl methyl sites for hydroxylation is 1. The van der Waals surface area contributed by atoms with Gasteiger partial charge in [-0.1, -0.05) is 6.92 Å². The molecule has 1 aliphatic rings. The van der Waals surface area contributed by atoms with Crippen molar-refractivity contribution in [1.29, 1.82) is 0 Å². The molecule has 5 nitrogen and oxygen atoms in total. The molecule has 0 bridgehead atoms. The summed E-state index contributed by atoms with van der Waals surface area (Å²) in [5.41, 5.74) is 2.01. The van der Waals surface area contributed by atoms with Gasteiger partial charge in [-0.25, -0.2) is 9.97 Å². The van der Waals surface area contributed by atoms with Crippen LogP contribution in [0.1, 0.15) is 12.7 Å². The van der Waals surface area contributed by atoms with E-state index in [1.54, 1.807) is 0 Å². The topological polar surface area (TPSA) is 43.2 Å². The van der Waals surface area contributed by atoms with Crippen molar-refractivity contribution in [2.45, 2.75) is 19.9 Å². The normalized spacial score (nSPS) is 17.1.